The smallest absolute Gasteiger partial charge is 0.334 e. The van der Waals surface area contributed by atoms with Crippen molar-refractivity contribution in [3.63, 3.8) is 0 Å². The molecule has 2 N–H and O–H groups in total. The van der Waals surface area contributed by atoms with Crippen molar-refractivity contribution in [1.82, 2.24) is 19.8 Å². The summed E-state index contributed by atoms with van der Waals surface area (Å²) in [5.74, 6) is -0.741. The van der Waals surface area contributed by atoms with Crippen molar-refractivity contribution in [2.24, 2.45) is 12.2 Å². The van der Waals surface area contributed by atoms with Crippen molar-refractivity contribution in [1.29, 1.82) is 0 Å². The molecule has 1 aromatic carbocycles. The van der Waals surface area contributed by atoms with Gasteiger partial charge in [0.1, 0.15) is 6.04 Å². The normalized spacial score (nSPS) is 16.4. The van der Waals surface area contributed by atoms with E-state index in [0.717, 1.165) is 49.6 Å². The van der Waals surface area contributed by atoms with E-state index in [0.29, 0.717) is 18.5 Å². The van der Waals surface area contributed by atoms with Gasteiger partial charge in [-0.15, -0.1) is 4.91 Å². The Kier molecular flexibility index (Phi) is 7.32. The molecule has 2 heterocycles. The van der Waals surface area contributed by atoms with E-state index in [9.17, 15) is 24.1 Å². The third-order valence-electron chi connectivity index (χ3n) is 5.69. The molecular weight excluding hydrogens is 402 g/mol. The number of aromatic nitrogens is 2. The second-order valence-electron chi connectivity index (χ2n) is 7.80. The van der Waals surface area contributed by atoms with Gasteiger partial charge in [-0.25, -0.2) is 9.59 Å². The standard InChI is InChI=1S/C21H27N5O5/c1-25-18-14(8-5-3-2-4-6-13-22-20(29)24-31)9-7-10-15(18)26(21(25)30)16-11-12-17(27)23-19(16)28/h7,9-10,16H,2-6,8,11-13H2,1H3,(H,22,29)(H,23,27,28). The Bertz CT molecular complexity index is 1050. The van der Waals surface area contributed by atoms with E-state index in [1.807, 2.05) is 18.2 Å². The summed E-state index contributed by atoms with van der Waals surface area (Å²) in [6.07, 6.45) is 6.00. The molecule has 1 fully saturated rings. The molecular formula is C21H27N5O5. The lowest BCUT2D eigenvalue weighted by molar-refractivity contribution is -0.135. The van der Waals surface area contributed by atoms with Crippen molar-refractivity contribution >= 4 is 28.9 Å². The van der Waals surface area contributed by atoms with Crippen LogP contribution in [0.25, 0.3) is 11.0 Å². The molecule has 1 aliphatic rings. The van der Waals surface area contributed by atoms with Gasteiger partial charge in [-0.3, -0.25) is 24.0 Å². The van der Waals surface area contributed by atoms with E-state index in [4.69, 9.17) is 0 Å². The number of carbonyl (C=O) groups excluding carboxylic acids is 3. The number of urea groups is 1. The Morgan fingerprint density at radius 1 is 1.16 bits per heavy atom. The van der Waals surface area contributed by atoms with Gasteiger partial charge in [0.05, 0.1) is 11.0 Å². The van der Waals surface area contributed by atoms with Crippen molar-refractivity contribution in [2.75, 3.05) is 6.54 Å². The number of carbonyl (C=O) groups is 3. The van der Waals surface area contributed by atoms with Crippen molar-refractivity contribution in [3.05, 3.63) is 39.2 Å². The van der Waals surface area contributed by atoms with Crippen molar-refractivity contribution < 1.29 is 14.4 Å². The Balaban J connectivity index is 1.63. The lowest BCUT2D eigenvalue weighted by Gasteiger charge is -2.21. The van der Waals surface area contributed by atoms with E-state index in [1.165, 1.54) is 4.57 Å². The highest BCUT2D eigenvalue weighted by Gasteiger charge is 2.31. The number of benzene rings is 1. The molecule has 3 rings (SSSR count). The van der Waals surface area contributed by atoms with Crippen molar-refractivity contribution in [2.45, 2.75) is 57.4 Å². The maximum absolute atomic E-state index is 12.9. The summed E-state index contributed by atoms with van der Waals surface area (Å²) in [6.45, 7) is 0.444. The number of piperidine rings is 1. The zero-order valence-corrected chi connectivity index (χ0v) is 17.6. The maximum atomic E-state index is 12.9. The highest BCUT2D eigenvalue weighted by atomic mass is 16.3. The average molecular weight is 429 g/mol. The van der Waals surface area contributed by atoms with Crippen LogP contribution >= 0.6 is 0 Å². The highest BCUT2D eigenvalue weighted by Crippen LogP contribution is 2.25. The number of imidazole rings is 1. The molecule has 0 radical (unpaired) electrons. The van der Waals surface area contributed by atoms with E-state index >= 15 is 0 Å². The molecule has 10 nitrogen and oxygen atoms in total. The van der Waals surface area contributed by atoms with Gasteiger partial charge in [0.2, 0.25) is 11.8 Å². The topological polar surface area (TPSA) is 132 Å². The first-order valence-electron chi connectivity index (χ1n) is 10.6. The second-order valence-corrected chi connectivity index (χ2v) is 7.80. The second kappa shape index (κ2) is 10.1. The third kappa shape index (κ3) is 5.07. The van der Waals surface area contributed by atoms with Crippen LogP contribution in [0.3, 0.4) is 0 Å². The average Bonchev–Trinajstić information content (AvgIpc) is 3.01. The molecule has 0 saturated carbocycles. The summed E-state index contributed by atoms with van der Waals surface area (Å²) >= 11 is 0. The number of nitrogens with zero attached hydrogens (tertiary/aromatic N) is 3. The summed E-state index contributed by atoms with van der Waals surface area (Å²) in [6, 6.07) is 4.22. The Morgan fingerprint density at radius 2 is 1.90 bits per heavy atom. The van der Waals surface area contributed by atoms with Gasteiger partial charge >= 0.3 is 11.7 Å². The molecule has 4 amide bonds. The molecule has 166 valence electrons. The SMILES string of the molecule is Cn1c(=O)n(C2CCC(=O)NC2=O)c2cccc(CCCCCCCNC(=O)N=O)c21. The number of hydrogen-bond donors (Lipinski definition) is 2. The lowest BCUT2D eigenvalue weighted by atomic mass is 10.0. The Labute approximate surface area is 179 Å². The molecule has 10 heteroatoms. The third-order valence-corrected chi connectivity index (χ3v) is 5.69. The fraction of sp³-hybridized carbons (Fsp3) is 0.524. The number of rotatable bonds is 9. The van der Waals surface area contributed by atoms with Gasteiger partial charge in [0, 0.05) is 25.2 Å². The molecule has 31 heavy (non-hydrogen) atoms. The monoisotopic (exact) mass is 429 g/mol. The van der Waals surface area contributed by atoms with E-state index in [-0.39, 0.29) is 18.0 Å². The predicted octanol–water partition coefficient (Wildman–Crippen LogP) is 2.29. The number of nitroso groups, excluding NO2 is 1. The van der Waals surface area contributed by atoms with Crippen LogP contribution in [-0.4, -0.2) is 33.5 Å². The van der Waals surface area contributed by atoms with Crippen LogP contribution in [-0.2, 0) is 23.1 Å². The maximum Gasteiger partial charge on any atom is 0.378 e. The van der Waals surface area contributed by atoms with E-state index in [1.54, 1.807) is 11.6 Å². The van der Waals surface area contributed by atoms with Gasteiger partial charge in [0.25, 0.3) is 0 Å². The minimum absolute atomic E-state index is 0.217. The molecule has 0 spiro atoms. The summed E-state index contributed by atoms with van der Waals surface area (Å²) in [5.41, 5.74) is 2.32. The van der Waals surface area contributed by atoms with Crippen LogP contribution in [0, 0.1) is 4.91 Å². The van der Waals surface area contributed by atoms with Gasteiger partial charge < -0.3 is 5.32 Å². The molecule has 1 aliphatic heterocycles. The molecule has 1 saturated heterocycles. The van der Waals surface area contributed by atoms with Gasteiger partial charge in [0.15, 0.2) is 0 Å². The molecule has 0 aliphatic carbocycles. The first-order chi connectivity index (χ1) is 14.9. The van der Waals surface area contributed by atoms with Crippen LogP contribution in [0.2, 0.25) is 0 Å². The van der Waals surface area contributed by atoms with Gasteiger partial charge in [-0.05, 0) is 37.3 Å². The van der Waals surface area contributed by atoms with Gasteiger partial charge in [-0.2, -0.15) is 0 Å². The number of imide groups is 1. The summed E-state index contributed by atoms with van der Waals surface area (Å²) in [5, 5.41) is 7.02. The minimum Gasteiger partial charge on any atom is -0.334 e. The van der Waals surface area contributed by atoms with Crippen LogP contribution in [0.5, 0.6) is 0 Å². The quantitative estimate of drug-likeness (QED) is 0.359. The van der Waals surface area contributed by atoms with E-state index in [2.05, 4.69) is 15.8 Å². The number of aryl methyl sites for hydroxylation is 2. The molecule has 2 aromatic rings. The highest BCUT2D eigenvalue weighted by molar-refractivity contribution is 6.00. The number of para-hydroxylation sites is 1. The minimum atomic E-state index is -0.831. The first kappa shape index (κ1) is 22.4. The van der Waals surface area contributed by atoms with Gasteiger partial charge in [-0.1, -0.05) is 31.4 Å². The number of fused-ring (bicyclic) bond motifs is 1. The largest absolute Gasteiger partial charge is 0.378 e. The zero-order chi connectivity index (χ0) is 22.4. The molecule has 1 aromatic heterocycles. The molecule has 1 atom stereocenters. The Hall–Kier alpha value is -3.30. The summed E-state index contributed by atoms with van der Waals surface area (Å²) in [7, 11) is 1.71. The number of hydrogen-bond acceptors (Lipinski definition) is 5. The van der Waals surface area contributed by atoms with Crippen LogP contribution in [0.1, 0.15) is 56.6 Å². The predicted molar refractivity (Wildman–Crippen MR) is 115 cm³/mol. The lowest BCUT2D eigenvalue weighted by Crippen LogP contribution is -2.44. The van der Waals surface area contributed by atoms with E-state index < -0.39 is 18.0 Å². The summed E-state index contributed by atoms with van der Waals surface area (Å²) < 4.78 is 3.08. The van der Waals surface area contributed by atoms with Crippen molar-refractivity contribution in [3.8, 4) is 0 Å². The van der Waals surface area contributed by atoms with Crippen LogP contribution < -0.4 is 16.3 Å². The number of nitrogens with one attached hydrogen (secondary N) is 2. The number of amides is 4. The molecule has 0 bridgehead atoms. The summed E-state index contributed by atoms with van der Waals surface area (Å²) in [4.78, 5) is 57.4. The van der Waals surface area contributed by atoms with Crippen LogP contribution in [0.4, 0.5) is 4.79 Å². The zero-order valence-electron chi connectivity index (χ0n) is 17.6. The first-order valence-corrected chi connectivity index (χ1v) is 10.6. The van der Waals surface area contributed by atoms with Crippen LogP contribution in [0.15, 0.2) is 28.2 Å². The fourth-order valence-corrected chi connectivity index (χ4v) is 4.15. The number of unbranched alkanes of at least 4 members (excludes halogenated alkanes) is 4. The Morgan fingerprint density at radius 3 is 2.65 bits per heavy atom. The molecule has 1 unspecified atom stereocenters. The fourth-order valence-electron chi connectivity index (χ4n) is 4.15.